The molecule has 2 aromatic heterocycles. The molecule has 1 amide bonds. The number of hydrogen-bond acceptors (Lipinski definition) is 5. The van der Waals surface area contributed by atoms with Gasteiger partial charge in [-0.25, -0.2) is 4.98 Å². The number of halogens is 1. The third kappa shape index (κ3) is 3.02. The zero-order valence-corrected chi connectivity index (χ0v) is 15.7. The Labute approximate surface area is 157 Å². The van der Waals surface area contributed by atoms with Gasteiger partial charge in [-0.15, -0.1) is 0 Å². The average Bonchev–Trinajstić information content (AvgIpc) is 3.02. The van der Waals surface area contributed by atoms with Crippen molar-refractivity contribution in [1.82, 2.24) is 9.97 Å². The van der Waals surface area contributed by atoms with Crippen molar-refractivity contribution in [2.24, 2.45) is 0 Å². The van der Waals surface area contributed by atoms with Crippen LogP contribution in [0.4, 0.5) is 5.69 Å². The highest BCUT2D eigenvalue weighted by atomic mass is 127. The molecule has 3 heterocycles. The fraction of sp³-hybridized carbons (Fsp3) is 0.235. The second-order valence-electron chi connectivity index (χ2n) is 5.48. The Balaban J connectivity index is 1.51. The van der Waals surface area contributed by atoms with E-state index in [0.29, 0.717) is 22.1 Å². The number of carbonyl (C=O) groups excluding carboxylic acids is 1. The highest BCUT2D eigenvalue weighted by Gasteiger charge is 2.29. The van der Waals surface area contributed by atoms with Gasteiger partial charge in [-0.2, -0.15) is 0 Å². The van der Waals surface area contributed by atoms with Crippen LogP contribution in [0, 0.1) is 0 Å². The van der Waals surface area contributed by atoms with Gasteiger partial charge in [0.2, 0.25) is 5.91 Å². The predicted molar refractivity (Wildman–Crippen MR) is 103 cm³/mol. The maximum atomic E-state index is 12.8. The second-order valence-corrected chi connectivity index (χ2v) is 7.84. The van der Waals surface area contributed by atoms with E-state index in [9.17, 15) is 4.79 Å². The predicted octanol–water partition coefficient (Wildman–Crippen LogP) is 4.06. The van der Waals surface area contributed by atoms with Gasteiger partial charge in [0.05, 0.1) is 16.0 Å². The number of nitrogens with zero attached hydrogens (tertiary/aromatic N) is 3. The maximum absolute atomic E-state index is 12.8. The minimum absolute atomic E-state index is 0.0759. The van der Waals surface area contributed by atoms with E-state index in [4.69, 9.17) is 4.42 Å². The quantitative estimate of drug-likeness (QED) is 0.260. The number of aromatic nitrogens is 2. The number of amides is 1. The van der Waals surface area contributed by atoms with Crippen LogP contribution >= 0.6 is 34.4 Å². The van der Waals surface area contributed by atoms with Crippen molar-refractivity contribution in [3.05, 3.63) is 48.3 Å². The van der Waals surface area contributed by atoms with Gasteiger partial charge in [0, 0.05) is 18.0 Å². The van der Waals surface area contributed by atoms with E-state index >= 15 is 0 Å². The largest absolute Gasteiger partial charge is 0.431 e. The number of rotatable bonds is 3. The Kier molecular flexibility index (Phi) is 4.45. The van der Waals surface area contributed by atoms with E-state index in [-0.39, 0.29) is 9.96 Å². The monoisotopic (exact) mass is 451 g/mol. The van der Waals surface area contributed by atoms with Crippen LogP contribution in [0.2, 0.25) is 0 Å². The minimum Gasteiger partial charge on any atom is -0.431 e. The molecule has 0 fully saturated rings. The molecule has 3 aromatic rings. The topological polar surface area (TPSA) is 59.2 Å². The third-order valence-corrected chi connectivity index (χ3v) is 5.93. The normalized spacial score (nSPS) is 17.0. The number of oxazole rings is 1. The van der Waals surface area contributed by atoms with Crippen LogP contribution in [0.3, 0.4) is 0 Å². The zero-order chi connectivity index (χ0) is 16.5. The molecule has 122 valence electrons. The Morgan fingerprint density at radius 1 is 1.38 bits per heavy atom. The standard InChI is InChI=1S/C17H14IN3O2S/c18-15-6-5-11-3-1-2-4-13(11)21(15)16(22)10-24-17-20-12-9-19-8-7-14(12)23-17/h1-4,7-9,15H,5-6,10H2. The van der Waals surface area contributed by atoms with Gasteiger partial charge in [-0.05, 0) is 24.5 Å². The Hall–Kier alpha value is -1.61. The molecule has 1 aliphatic heterocycles. The molecule has 0 saturated heterocycles. The summed E-state index contributed by atoms with van der Waals surface area (Å²) in [6, 6.07) is 9.90. The van der Waals surface area contributed by atoms with E-state index in [1.165, 1.54) is 17.3 Å². The molecule has 0 bridgehead atoms. The fourth-order valence-corrected chi connectivity index (χ4v) is 4.44. The molecule has 0 spiro atoms. The fourth-order valence-electron chi connectivity index (χ4n) is 2.82. The highest BCUT2D eigenvalue weighted by Crippen LogP contribution is 2.34. The van der Waals surface area contributed by atoms with E-state index in [1.54, 1.807) is 18.5 Å². The average molecular weight is 451 g/mol. The minimum atomic E-state index is 0.0759. The smallest absolute Gasteiger partial charge is 0.257 e. The number of benzene rings is 1. The van der Waals surface area contributed by atoms with Crippen LogP contribution in [0.1, 0.15) is 12.0 Å². The van der Waals surface area contributed by atoms with Crippen molar-refractivity contribution in [1.29, 1.82) is 0 Å². The number of pyridine rings is 1. The number of alkyl halides is 1. The summed E-state index contributed by atoms with van der Waals surface area (Å²) in [4.78, 5) is 23.1. The van der Waals surface area contributed by atoms with Crippen LogP contribution in [-0.4, -0.2) is 25.7 Å². The molecule has 0 N–H and O–H groups in total. The van der Waals surface area contributed by atoms with Gasteiger partial charge in [-0.1, -0.05) is 52.6 Å². The van der Waals surface area contributed by atoms with Gasteiger partial charge >= 0.3 is 0 Å². The Morgan fingerprint density at radius 3 is 3.12 bits per heavy atom. The summed E-state index contributed by atoms with van der Waals surface area (Å²) in [5, 5.41) is 0.502. The van der Waals surface area contributed by atoms with Crippen molar-refractivity contribution >= 4 is 57.0 Å². The van der Waals surface area contributed by atoms with Crippen molar-refractivity contribution in [3.8, 4) is 0 Å². The van der Waals surface area contributed by atoms with Gasteiger partial charge < -0.3 is 4.42 Å². The first kappa shape index (κ1) is 15.9. The van der Waals surface area contributed by atoms with E-state index in [0.717, 1.165) is 18.5 Å². The molecular weight excluding hydrogens is 437 g/mol. The third-order valence-electron chi connectivity index (χ3n) is 3.94. The summed E-state index contributed by atoms with van der Waals surface area (Å²) >= 11 is 3.67. The van der Waals surface area contributed by atoms with E-state index < -0.39 is 0 Å². The van der Waals surface area contributed by atoms with Gasteiger partial charge in [0.1, 0.15) is 5.52 Å². The van der Waals surface area contributed by atoms with Crippen molar-refractivity contribution in [2.75, 3.05) is 10.7 Å². The molecule has 1 aliphatic rings. The van der Waals surface area contributed by atoms with Gasteiger partial charge in [0.25, 0.3) is 5.22 Å². The first-order valence-electron chi connectivity index (χ1n) is 7.60. The molecule has 4 rings (SSSR count). The summed E-state index contributed by atoms with van der Waals surface area (Å²) in [6.07, 6.45) is 5.31. The SMILES string of the molecule is O=C(CSc1nc2cnccc2o1)N1c2ccccc2CCC1I. The molecule has 24 heavy (non-hydrogen) atoms. The molecule has 0 radical (unpaired) electrons. The zero-order valence-electron chi connectivity index (χ0n) is 12.7. The summed E-state index contributed by atoms with van der Waals surface area (Å²) in [5.74, 6) is 0.376. The summed E-state index contributed by atoms with van der Waals surface area (Å²) in [5.41, 5.74) is 3.66. The molecule has 1 atom stereocenters. The second kappa shape index (κ2) is 6.72. The van der Waals surface area contributed by atoms with E-state index in [1.807, 2.05) is 23.1 Å². The lowest BCUT2D eigenvalue weighted by Crippen LogP contribution is -2.41. The molecule has 1 aromatic carbocycles. The number of fused-ring (bicyclic) bond motifs is 2. The van der Waals surface area contributed by atoms with Crippen LogP contribution < -0.4 is 4.90 Å². The number of aryl methyl sites for hydroxylation is 1. The van der Waals surface area contributed by atoms with Crippen LogP contribution in [-0.2, 0) is 11.2 Å². The van der Waals surface area contributed by atoms with E-state index in [2.05, 4.69) is 38.6 Å². The molecule has 1 unspecified atom stereocenters. The first-order chi connectivity index (χ1) is 11.7. The Morgan fingerprint density at radius 2 is 2.25 bits per heavy atom. The lowest BCUT2D eigenvalue weighted by molar-refractivity contribution is -0.116. The molecule has 0 saturated carbocycles. The number of carbonyl (C=O) groups is 1. The maximum Gasteiger partial charge on any atom is 0.257 e. The first-order valence-corrected chi connectivity index (χ1v) is 9.83. The van der Waals surface area contributed by atoms with Gasteiger partial charge in [-0.3, -0.25) is 14.7 Å². The van der Waals surface area contributed by atoms with Crippen LogP contribution in [0.5, 0.6) is 0 Å². The number of hydrogen-bond donors (Lipinski definition) is 0. The van der Waals surface area contributed by atoms with Crippen molar-refractivity contribution in [2.45, 2.75) is 22.1 Å². The highest BCUT2D eigenvalue weighted by molar-refractivity contribution is 14.1. The molecule has 7 heteroatoms. The summed E-state index contributed by atoms with van der Waals surface area (Å²) in [7, 11) is 0. The lowest BCUT2D eigenvalue weighted by Gasteiger charge is -2.34. The number of anilines is 1. The van der Waals surface area contributed by atoms with Crippen LogP contribution in [0.25, 0.3) is 11.1 Å². The molecule has 0 aliphatic carbocycles. The number of thioether (sulfide) groups is 1. The molecule has 5 nitrogen and oxygen atoms in total. The summed E-state index contributed by atoms with van der Waals surface area (Å²) < 4.78 is 5.82. The van der Waals surface area contributed by atoms with Crippen molar-refractivity contribution < 1.29 is 9.21 Å². The molecular formula is C17H14IN3O2S. The number of para-hydroxylation sites is 1. The lowest BCUT2D eigenvalue weighted by atomic mass is 10.0. The van der Waals surface area contributed by atoms with Gasteiger partial charge in [0.15, 0.2) is 5.58 Å². The van der Waals surface area contributed by atoms with Crippen LogP contribution in [0.15, 0.2) is 52.4 Å². The Bertz CT molecular complexity index is 865. The summed E-state index contributed by atoms with van der Waals surface area (Å²) in [6.45, 7) is 0. The van der Waals surface area contributed by atoms with Crippen molar-refractivity contribution in [3.63, 3.8) is 0 Å².